The first-order valence-corrected chi connectivity index (χ1v) is 12.2. The van der Waals surface area contributed by atoms with Gasteiger partial charge in [0.15, 0.2) is 10.8 Å². The van der Waals surface area contributed by atoms with Crippen molar-refractivity contribution >= 4 is 28.7 Å². The molecule has 1 saturated heterocycles. The highest BCUT2D eigenvalue weighted by Gasteiger charge is 2.26. The number of piperidine rings is 1. The number of aryl methyl sites for hydroxylation is 1. The van der Waals surface area contributed by atoms with Crippen molar-refractivity contribution in [1.82, 2.24) is 24.6 Å². The maximum atomic E-state index is 13.0. The summed E-state index contributed by atoms with van der Waals surface area (Å²) in [5, 5.41) is 17.3. The molecule has 1 aliphatic rings. The number of carbonyl (C=O) groups excluding carboxylic acids is 1. The van der Waals surface area contributed by atoms with E-state index in [-0.39, 0.29) is 11.7 Å². The molecule has 3 aromatic rings. The molecule has 1 aliphatic heterocycles. The molecule has 2 N–H and O–H groups in total. The standard InChI is InChI=1S/C23H30N6O2S/c1-4-16-8-6-7-13-28(16)19(30)14-32-23-25-22-20(15(3)26-27-22)21(24)29(23)17-9-11-18(12-10-17)31-5-2/h9-12,16,24H,4-8,13-14H2,1-3H3,(H,26,27). The van der Waals surface area contributed by atoms with Crippen molar-refractivity contribution in [3.05, 3.63) is 35.4 Å². The second-order valence-electron chi connectivity index (χ2n) is 7.99. The Bertz CT molecular complexity index is 1150. The SMILES string of the molecule is CCOc1ccc(-n2c(SCC(=O)N3CCCCC3CC)nc3n[nH]c(C)c3c2=N)cc1. The third-order valence-corrected chi connectivity index (χ3v) is 6.85. The largest absolute Gasteiger partial charge is 0.494 e. The zero-order valence-corrected chi connectivity index (χ0v) is 19.7. The number of likely N-dealkylation sites (tertiary alicyclic amines) is 1. The molecule has 1 atom stereocenters. The minimum absolute atomic E-state index is 0.131. The number of nitrogens with zero attached hydrogens (tertiary/aromatic N) is 4. The van der Waals surface area contributed by atoms with Crippen LogP contribution >= 0.6 is 11.8 Å². The number of hydrogen-bond acceptors (Lipinski definition) is 6. The van der Waals surface area contributed by atoms with E-state index >= 15 is 0 Å². The normalized spacial score (nSPS) is 16.5. The third kappa shape index (κ3) is 4.39. The maximum Gasteiger partial charge on any atom is 0.233 e. The second kappa shape index (κ2) is 9.77. The van der Waals surface area contributed by atoms with Crippen LogP contribution < -0.4 is 10.2 Å². The molecule has 9 heteroatoms. The summed E-state index contributed by atoms with van der Waals surface area (Å²) < 4.78 is 7.34. The van der Waals surface area contributed by atoms with Crippen LogP contribution in [0.4, 0.5) is 0 Å². The van der Waals surface area contributed by atoms with Crippen molar-refractivity contribution in [3.63, 3.8) is 0 Å². The number of aromatic nitrogens is 4. The van der Waals surface area contributed by atoms with Gasteiger partial charge in [0.2, 0.25) is 5.91 Å². The summed E-state index contributed by atoms with van der Waals surface area (Å²) in [5.74, 6) is 1.19. The lowest BCUT2D eigenvalue weighted by Gasteiger charge is -2.35. The molecule has 1 amide bonds. The smallest absolute Gasteiger partial charge is 0.233 e. The van der Waals surface area contributed by atoms with Gasteiger partial charge in [-0.1, -0.05) is 18.7 Å². The molecule has 1 unspecified atom stereocenters. The van der Waals surface area contributed by atoms with Crippen molar-refractivity contribution in [1.29, 1.82) is 5.41 Å². The van der Waals surface area contributed by atoms with E-state index < -0.39 is 0 Å². The number of amides is 1. The molecule has 170 valence electrons. The molecular weight excluding hydrogens is 424 g/mol. The number of ether oxygens (including phenoxy) is 1. The van der Waals surface area contributed by atoms with Gasteiger partial charge in [-0.25, -0.2) is 4.98 Å². The van der Waals surface area contributed by atoms with Gasteiger partial charge in [-0.05, 0) is 63.8 Å². The molecule has 0 bridgehead atoms. The van der Waals surface area contributed by atoms with Crippen LogP contribution in [0.2, 0.25) is 0 Å². The van der Waals surface area contributed by atoms with E-state index in [0.29, 0.717) is 34.3 Å². The Balaban J connectivity index is 1.68. The number of H-pyrrole nitrogens is 1. The van der Waals surface area contributed by atoms with Gasteiger partial charge < -0.3 is 9.64 Å². The second-order valence-corrected chi connectivity index (χ2v) is 8.93. The number of rotatable bonds is 7. The van der Waals surface area contributed by atoms with Gasteiger partial charge in [-0.15, -0.1) is 0 Å². The molecule has 0 spiro atoms. The number of hydrogen-bond donors (Lipinski definition) is 2. The van der Waals surface area contributed by atoms with Crippen LogP contribution in [0.1, 0.15) is 45.2 Å². The lowest BCUT2D eigenvalue weighted by Crippen LogP contribution is -2.44. The minimum Gasteiger partial charge on any atom is -0.494 e. The number of benzene rings is 1. The molecular formula is C23H30N6O2S. The van der Waals surface area contributed by atoms with E-state index in [2.05, 4.69) is 17.1 Å². The monoisotopic (exact) mass is 454 g/mol. The lowest BCUT2D eigenvalue weighted by molar-refractivity contribution is -0.132. The number of carbonyl (C=O) groups is 1. The summed E-state index contributed by atoms with van der Waals surface area (Å²) in [6.07, 6.45) is 4.31. The Labute approximate surface area is 191 Å². The molecule has 0 saturated carbocycles. The lowest BCUT2D eigenvalue weighted by atomic mass is 10.0. The first-order chi connectivity index (χ1) is 15.5. The number of nitrogens with one attached hydrogen (secondary N) is 2. The van der Waals surface area contributed by atoms with E-state index in [1.165, 1.54) is 18.2 Å². The highest BCUT2D eigenvalue weighted by Crippen LogP contribution is 2.25. The summed E-state index contributed by atoms with van der Waals surface area (Å²) in [6, 6.07) is 7.92. The van der Waals surface area contributed by atoms with Crippen molar-refractivity contribution in [2.24, 2.45) is 0 Å². The molecule has 0 radical (unpaired) electrons. The first kappa shape index (κ1) is 22.4. The average Bonchev–Trinajstić information content (AvgIpc) is 3.19. The summed E-state index contributed by atoms with van der Waals surface area (Å²) in [7, 11) is 0. The van der Waals surface area contributed by atoms with Gasteiger partial charge in [-0.2, -0.15) is 5.10 Å². The Kier molecular flexibility index (Phi) is 6.83. The van der Waals surface area contributed by atoms with Gasteiger partial charge >= 0.3 is 0 Å². The topological polar surface area (TPSA) is 99.9 Å². The van der Waals surface area contributed by atoms with Gasteiger partial charge in [-0.3, -0.25) is 19.9 Å². The van der Waals surface area contributed by atoms with E-state index in [1.807, 2.05) is 43.0 Å². The van der Waals surface area contributed by atoms with Crippen LogP contribution in [-0.4, -0.2) is 55.5 Å². The van der Waals surface area contributed by atoms with E-state index in [1.54, 1.807) is 4.57 Å². The summed E-state index contributed by atoms with van der Waals surface area (Å²) in [5.41, 5.74) is 2.38. The van der Waals surface area contributed by atoms with Gasteiger partial charge in [0.05, 0.1) is 17.7 Å². The molecule has 3 heterocycles. The van der Waals surface area contributed by atoms with Crippen LogP contribution in [0.3, 0.4) is 0 Å². The van der Waals surface area contributed by atoms with Crippen LogP contribution in [-0.2, 0) is 4.79 Å². The first-order valence-electron chi connectivity index (χ1n) is 11.2. The quantitative estimate of drug-likeness (QED) is 0.418. The number of thioether (sulfide) groups is 1. The van der Waals surface area contributed by atoms with Crippen LogP contribution in [0.25, 0.3) is 16.7 Å². The van der Waals surface area contributed by atoms with E-state index in [9.17, 15) is 4.79 Å². The Morgan fingerprint density at radius 2 is 2.06 bits per heavy atom. The molecule has 0 aliphatic carbocycles. The van der Waals surface area contributed by atoms with E-state index in [4.69, 9.17) is 15.1 Å². The molecule has 2 aromatic heterocycles. The van der Waals surface area contributed by atoms with Crippen LogP contribution in [0.15, 0.2) is 29.4 Å². The van der Waals surface area contributed by atoms with Gasteiger partial charge in [0.25, 0.3) is 0 Å². The third-order valence-electron chi connectivity index (χ3n) is 5.93. The Morgan fingerprint density at radius 1 is 1.28 bits per heavy atom. The summed E-state index contributed by atoms with van der Waals surface area (Å²) in [6.45, 7) is 7.39. The highest BCUT2D eigenvalue weighted by molar-refractivity contribution is 7.99. The van der Waals surface area contributed by atoms with Crippen LogP contribution in [0, 0.1) is 12.3 Å². The Hall–Kier alpha value is -2.81. The van der Waals surface area contributed by atoms with Crippen molar-refractivity contribution < 1.29 is 9.53 Å². The molecule has 4 rings (SSSR count). The predicted molar refractivity (Wildman–Crippen MR) is 125 cm³/mol. The minimum atomic E-state index is 0.131. The van der Waals surface area contributed by atoms with Crippen molar-refractivity contribution in [2.45, 2.75) is 57.7 Å². The zero-order valence-electron chi connectivity index (χ0n) is 18.9. The average molecular weight is 455 g/mol. The molecule has 1 aromatic carbocycles. The van der Waals surface area contributed by atoms with E-state index in [0.717, 1.165) is 42.9 Å². The fourth-order valence-electron chi connectivity index (χ4n) is 4.29. The van der Waals surface area contributed by atoms with Crippen LogP contribution in [0.5, 0.6) is 5.75 Å². The van der Waals surface area contributed by atoms with Gasteiger partial charge in [0.1, 0.15) is 11.2 Å². The summed E-state index contributed by atoms with van der Waals surface area (Å²) in [4.78, 5) is 19.8. The Morgan fingerprint density at radius 3 is 2.78 bits per heavy atom. The summed E-state index contributed by atoms with van der Waals surface area (Å²) >= 11 is 1.36. The highest BCUT2D eigenvalue weighted by atomic mass is 32.2. The van der Waals surface area contributed by atoms with Gasteiger partial charge in [0, 0.05) is 24.0 Å². The molecule has 1 fully saturated rings. The predicted octanol–water partition coefficient (Wildman–Crippen LogP) is 3.82. The van der Waals surface area contributed by atoms with Crippen molar-refractivity contribution in [3.8, 4) is 11.4 Å². The maximum absolute atomic E-state index is 13.0. The number of aromatic amines is 1. The fraction of sp³-hybridized carbons (Fsp3) is 0.478. The number of fused-ring (bicyclic) bond motifs is 1. The molecule has 32 heavy (non-hydrogen) atoms. The zero-order chi connectivity index (χ0) is 22.7. The van der Waals surface area contributed by atoms with Crippen molar-refractivity contribution in [2.75, 3.05) is 18.9 Å². The molecule has 8 nitrogen and oxygen atoms in total. The fourth-order valence-corrected chi connectivity index (χ4v) is 5.18.